The molecule has 1 aliphatic rings. The highest BCUT2D eigenvalue weighted by Gasteiger charge is 2.29. The first-order chi connectivity index (χ1) is 12.7. The van der Waals surface area contributed by atoms with Gasteiger partial charge in [-0.05, 0) is 43.0 Å². The van der Waals surface area contributed by atoms with E-state index in [1.807, 2.05) is 18.5 Å². The average molecular weight is 348 g/mol. The maximum Gasteiger partial charge on any atom is 0.223 e. The maximum atomic E-state index is 5.77. The molecule has 0 bridgehead atoms. The zero-order valence-electron chi connectivity index (χ0n) is 15.3. The molecule has 0 unspecified atom stereocenters. The summed E-state index contributed by atoms with van der Waals surface area (Å²) in [4.78, 5) is 13.6. The highest BCUT2D eigenvalue weighted by Crippen LogP contribution is 2.25. The first-order valence-electron chi connectivity index (χ1n) is 9.24. The van der Waals surface area contributed by atoms with Crippen LogP contribution in [0.25, 0.3) is 10.9 Å². The van der Waals surface area contributed by atoms with E-state index in [-0.39, 0.29) is 6.04 Å². The molecule has 0 saturated carbocycles. The van der Waals surface area contributed by atoms with E-state index in [0.29, 0.717) is 18.5 Å². The number of aromatic nitrogens is 3. The number of rotatable bonds is 5. The molecule has 5 heteroatoms. The Morgan fingerprint density at radius 3 is 2.92 bits per heavy atom. The van der Waals surface area contributed by atoms with Crippen LogP contribution in [-0.4, -0.2) is 34.2 Å². The minimum absolute atomic E-state index is 0.217. The predicted molar refractivity (Wildman–Crippen MR) is 103 cm³/mol. The summed E-state index contributed by atoms with van der Waals surface area (Å²) < 4.78 is 5.77. The molecular weight excluding hydrogens is 324 g/mol. The molecule has 5 nitrogen and oxygen atoms in total. The van der Waals surface area contributed by atoms with Gasteiger partial charge in [-0.15, -0.1) is 0 Å². The van der Waals surface area contributed by atoms with Crippen molar-refractivity contribution in [3.05, 3.63) is 59.5 Å². The predicted octanol–water partition coefficient (Wildman–Crippen LogP) is 3.57. The minimum Gasteiger partial charge on any atom is -0.379 e. The van der Waals surface area contributed by atoms with Gasteiger partial charge < -0.3 is 10.1 Å². The Balaban J connectivity index is 1.53. The van der Waals surface area contributed by atoms with Crippen molar-refractivity contribution in [1.29, 1.82) is 0 Å². The Morgan fingerprint density at radius 1 is 1.15 bits per heavy atom. The van der Waals surface area contributed by atoms with E-state index >= 15 is 0 Å². The summed E-state index contributed by atoms with van der Waals surface area (Å²) in [6, 6.07) is 10.6. The van der Waals surface area contributed by atoms with Crippen LogP contribution in [0.15, 0.2) is 42.7 Å². The Bertz CT molecular complexity index is 906. The molecule has 4 rings (SSSR count). The summed E-state index contributed by atoms with van der Waals surface area (Å²) in [6.07, 6.45) is 5.66. The molecule has 1 aromatic carbocycles. The van der Waals surface area contributed by atoms with Gasteiger partial charge >= 0.3 is 0 Å². The van der Waals surface area contributed by atoms with Crippen molar-refractivity contribution in [3.8, 4) is 0 Å². The van der Waals surface area contributed by atoms with Gasteiger partial charge in [-0.2, -0.15) is 0 Å². The highest BCUT2D eigenvalue weighted by atomic mass is 16.5. The van der Waals surface area contributed by atoms with Gasteiger partial charge in [0.15, 0.2) is 0 Å². The number of ether oxygens (including phenoxy) is 1. The van der Waals surface area contributed by atoms with Crippen LogP contribution in [0, 0.1) is 12.8 Å². The van der Waals surface area contributed by atoms with Crippen molar-refractivity contribution in [1.82, 2.24) is 15.0 Å². The number of nitrogens with one attached hydrogen (secondary N) is 1. The number of fused-ring (bicyclic) bond motifs is 1. The van der Waals surface area contributed by atoms with Gasteiger partial charge in [0.05, 0.1) is 24.8 Å². The summed E-state index contributed by atoms with van der Waals surface area (Å²) in [5.74, 6) is 1.09. The lowest BCUT2D eigenvalue weighted by Crippen LogP contribution is -2.30. The lowest BCUT2D eigenvalue weighted by atomic mass is 9.93. The smallest absolute Gasteiger partial charge is 0.223 e. The average Bonchev–Trinajstić information content (AvgIpc) is 3.10. The largest absolute Gasteiger partial charge is 0.379 e. The third-order valence-electron chi connectivity index (χ3n) is 5.15. The van der Waals surface area contributed by atoms with Crippen molar-refractivity contribution < 1.29 is 4.74 Å². The molecule has 26 heavy (non-hydrogen) atoms. The van der Waals surface area contributed by atoms with Gasteiger partial charge in [-0.1, -0.05) is 25.1 Å². The minimum atomic E-state index is 0.217. The van der Waals surface area contributed by atoms with Crippen LogP contribution in [0.3, 0.4) is 0 Å². The summed E-state index contributed by atoms with van der Waals surface area (Å²) >= 11 is 0. The third kappa shape index (κ3) is 3.40. The van der Waals surface area contributed by atoms with Gasteiger partial charge in [-0.25, -0.2) is 9.97 Å². The van der Waals surface area contributed by atoms with Crippen LogP contribution < -0.4 is 5.32 Å². The Hall–Kier alpha value is -2.53. The topological polar surface area (TPSA) is 59.9 Å². The van der Waals surface area contributed by atoms with Crippen LogP contribution in [0.5, 0.6) is 0 Å². The normalized spacial score (nSPS) is 19.8. The molecule has 0 radical (unpaired) electrons. The molecule has 1 saturated heterocycles. The first kappa shape index (κ1) is 16.9. The number of nitrogens with zero attached hydrogens (tertiary/aromatic N) is 3. The Labute approximate surface area is 153 Å². The zero-order chi connectivity index (χ0) is 17.9. The number of para-hydroxylation sites is 1. The van der Waals surface area contributed by atoms with Crippen LogP contribution in [0.2, 0.25) is 0 Å². The molecule has 0 amide bonds. The summed E-state index contributed by atoms with van der Waals surface area (Å²) in [5.41, 5.74) is 4.60. The van der Waals surface area contributed by atoms with Crippen LogP contribution in [0.4, 0.5) is 5.95 Å². The fraction of sp³-hybridized carbons (Fsp3) is 0.381. The highest BCUT2D eigenvalue weighted by molar-refractivity contribution is 5.81. The molecule has 0 spiro atoms. The second-order valence-electron chi connectivity index (χ2n) is 6.92. The Kier molecular flexibility index (Phi) is 4.80. The maximum absolute atomic E-state index is 5.77. The molecule has 3 heterocycles. The Morgan fingerprint density at radius 2 is 2.04 bits per heavy atom. The van der Waals surface area contributed by atoms with E-state index in [2.05, 4.69) is 58.4 Å². The molecular formula is C21H24N4O. The summed E-state index contributed by atoms with van der Waals surface area (Å²) in [6.45, 7) is 5.61. The van der Waals surface area contributed by atoms with Crippen molar-refractivity contribution in [2.45, 2.75) is 32.7 Å². The van der Waals surface area contributed by atoms with E-state index in [1.54, 1.807) is 0 Å². The number of hydrogen-bond acceptors (Lipinski definition) is 5. The van der Waals surface area contributed by atoms with Crippen molar-refractivity contribution in [2.24, 2.45) is 5.92 Å². The molecule has 2 atom stereocenters. The molecule has 0 aliphatic carbocycles. The van der Waals surface area contributed by atoms with Gasteiger partial charge in [0, 0.05) is 29.4 Å². The summed E-state index contributed by atoms with van der Waals surface area (Å²) in [5, 5.41) is 4.72. The fourth-order valence-electron chi connectivity index (χ4n) is 3.65. The third-order valence-corrected chi connectivity index (χ3v) is 5.15. The lowest BCUT2D eigenvalue weighted by Gasteiger charge is -2.20. The zero-order valence-corrected chi connectivity index (χ0v) is 15.3. The van der Waals surface area contributed by atoms with Gasteiger partial charge in [0.2, 0.25) is 5.95 Å². The van der Waals surface area contributed by atoms with Crippen molar-refractivity contribution in [2.75, 3.05) is 18.5 Å². The summed E-state index contributed by atoms with van der Waals surface area (Å²) in [7, 11) is 0. The van der Waals surface area contributed by atoms with Gasteiger partial charge in [-0.3, -0.25) is 4.98 Å². The molecule has 1 N–H and O–H groups in total. The van der Waals surface area contributed by atoms with Gasteiger partial charge in [0.25, 0.3) is 0 Å². The number of hydrogen-bond donors (Lipinski definition) is 1. The van der Waals surface area contributed by atoms with E-state index in [0.717, 1.165) is 36.2 Å². The fourth-order valence-corrected chi connectivity index (χ4v) is 3.65. The molecule has 1 aliphatic heterocycles. The quantitative estimate of drug-likeness (QED) is 0.764. The van der Waals surface area contributed by atoms with E-state index < -0.39 is 0 Å². The number of pyridine rings is 1. The lowest BCUT2D eigenvalue weighted by molar-refractivity contribution is 0.185. The first-order valence-corrected chi connectivity index (χ1v) is 9.24. The van der Waals surface area contributed by atoms with Crippen LogP contribution in [-0.2, 0) is 17.6 Å². The molecule has 2 aromatic heterocycles. The second-order valence-corrected chi connectivity index (χ2v) is 6.92. The van der Waals surface area contributed by atoms with Crippen LogP contribution >= 0.6 is 0 Å². The van der Waals surface area contributed by atoms with Crippen LogP contribution in [0.1, 0.15) is 23.7 Å². The standard InChI is InChI=1S/C21H24N4O/c1-3-18-14(2)11-23-21(24-18)25-20-13-26-12-16(20)10-15-8-9-22-19-7-5-4-6-17(15)19/h4-9,11,16,20H,3,10,12-13H2,1-2H3,(H,23,24,25)/t16-,20-/m1/s1. The molecule has 1 fully saturated rings. The van der Waals surface area contributed by atoms with E-state index in [9.17, 15) is 0 Å². The number of benzene rings is 1. The monoisotopic (exact) mass is 348 g/mol. The SMILES string of the molecule is CCc1nc(N[C@@H]2COC[C@H]2Cc2ccnc3ccccc23)ncc1C. The second kappa shape index (κ2) is 7.38. The number of anilines is 1. The molecule has 134 valence electrons. The molecule has 3 aromatic rings. The van der Waals surface area contributed by atoms with Crippen molar-refractivity contribution in [3.63, 3.8) is 0 Å². The number of aryl methyl sites for hydroxylation is 2. The van der Waals surface area contributed by atoms with Crippen molar-refractivity contribution >= 4 is 16.9 Å². The van der Waals surface area contributed by atoms with E-state index in [4.69, 9.17) is 4.74 Å². The van der Waals surface area contributed by atoms with Gasteiger partial charge in [0.1, 0.15) is 0 Å². The van der Waals surface area contributed by atoms with E-state index in [1.165, 1.54) is 10.9 Å².